The summed E-state index contributed by atoms with van der Waals surface area (Å²) >= 11 is 0. The highest BCUT2D eigenvalue weighted by atomic mass is 15.0. The van der Waals surface area contributed by atoms with Crippen LogP contribution in [0.5, 0.6) is 0 Å². The molecule has 3 aromatic heterocycles. The van der Waals surface area contributed by atoms with Crippen molar-refractivity contribution in [3.63, 3.8) is 0 Å². The summed E-state index contributed by atoms with van der Waals surface area (Å²) < 4.78 is 2.39. The lowest BCUT2D eigenvalue weighted by Crippen LogP contribution is -2.00. The largest absolute Gasteiger partial charge is 0.309 e. The number of pyridine rings is 1. The van der Waals surface area contributed by atoms with Gasteiger partial charge in [0.15, 0.2) is 17.5 Å². The molecule has 3 heterocycles. The van der Waals surface area contributed by atoms with Gasteiger partial charge in [0.1, 0.15) is 0 Å². The highest BCUT2D eigenvalue weighted by Gasteiger charge is 2.18. The average Bonchev–Trinajstić information content (AvgIpc) is 3.69. The van der Waals surface area contributed by atoms with E-state index >= 15 is 0 Å². The van der Waals surface area contributed by atoms with E-state index in [9.17, 15) is 0 Å². The van der Waals surface area contributed by atoms with Crippen molar-refractivity contribution in [2.75, 3.05) is 0 Å². The molecule has 12 rings (SSSR count). The summed E-state index contributed by atoms with van der Waals surface area (Å²) in [5.41, 5.74) is 13.8. The molecule has 5 nitrogen and oxygen atoms in total. The summed E-state index contributed by atoms with van der Waals surface area (Å²) in [5, 5.41) is 5.81. The molecule has 63 heavy (non-hydrogen) atoms. The lowest BCUT2D eigenvalue weighted by molar-refractivity contribution is 1.07. The van der Waals surface area contributed by atoms with E-state index in [4.69, 9.17) is 19.9 Å². The second-order valence-electron chi connectivity index (χ2n) is 15.9. The van der Waals surface area contributed by atoms with Crippen LogP contribution in [-0.2, 0) is 0 Å². The molecule has 0 saturated heterocycles. The van der Waals surface area contributed by atoms with Crippen molar-refractivity contribution in [2.45, 2.75) is 0 Å². The highest BCUT2D eigenvalue weighted by molar-refractivity contribution is 6.19. The molecule has 0 atom stereocenters. The Morgan fingerprint density at radius 2 is 0.683 bits per heavy atom. The standard InChI is InChI=1S/C58H37N5/c1-5-15-38(16-6-1)39-25-29-43(30-26-39)57-60-56(42-19-9-3-10-20-42)61-58(62-57)44-31-27-40(28-32-44)45-33-34-48-51-36-52-50(37-54(51)63(53(48)35-45)46-21-11-4-12-22-46)47-23-13-14-24-49(47)55(59-52)41-17-7-2-8-18-41/h1-37H. The van der Waals surface area contributed by atoms with Gasteiger partial charge in [0, 0.05) is 49.5 Å². The van der Waals surface area contributed by atoms with E-state index in [1.807, 2.05) is 36.4 Å². The smallest absolute Gasteiger partial charge is 0.164 e. The third-order valence-electron chi connectivity index (χ3n) is 12.0. The van der Waals surface area contributed by atoms with Crippen LogP contribution in [0.4, 0.5) is 0 Å². The fourth-order valence-electron chi connectivity index (χ4n) is 8.92. The van der Waals surface area contributed by atoms with Gasteiger partial charge in [0.25, 0.3) is 0 Å². The first kappa shape index (κ1) is 36.3. The number of aromatic nitrogens is 5. The van der Waals surface area contributed by atoms with E-state index in [1.165, 1.54) is 21.7 Å². The van der Waals surface area contributed by atoms with Crippen molar-refractivity contribution in [3.8, 4) is 73.4 Å². The van der Waals surface area contributed by atoms with Crippen molar-refractivity contribution in [1.82, 2.24) is 24.5 Å². The Labute approximate surface area is 364 Å². The molecule has 0 saturated carbocycles. The van der Waals surface area contributed by atoms with Crippen LogP contribution in [0.25, 0.3) is 117 Å². The summed E-state index contributed by atoms with van der Waals surface area (Å²) in [5.74, 6) is 1.90. The summed E-state index contributed by atoms with van der Waals surface area (Å²) in [6, 6.07) is 78.7. The predicted molar refractivity (Wildman–Crippen MR) is 260 cm³/mol. The third-order valence-corrected chi connectivity index (χ3v) is 12.0. The monoisotopic (exact) mass is 803 g/mol. The Morgan fingerprint density at radius 3 is 1.29 bits per heavy atom. The van der Waals surface area contributed by atoms with E-state index in [0.717, 1.165) is 77.6 Å². The average molecular weight is 804 g/mol. The van der Waals surface area contributed by atoms with Gasteiger partial charge in [-0.2, -0.15) is 0 Å². The summed E-state index contributed by atoms with van der Waals surface area (Å²) in [6.45, 7) is 0. The Hall–Kier alpha value is -8.54. The SMILES string of the molecule is c1ccc(-c2ccc(-c3nc(-c4ccccc4)nc(-c4ccc(-c5ccc6c7cc8nc(-c9ccccc9)c9ccccc9c8cc7n(-c7ccccc7)c6c5)cc4)n3)cc2)cc1. The minimum atomic E-state index is 0.626. The summed E-state index contributed by atoms with van der Waals surface area (Å²) in [4.78, 5) is 20.4. The van der Waals surface area contributed by atoms with E-state index in [1.54, 1.807) is 0 Å². The molecule has 12 aromatic rings. The molecule has 0 bridgehead atoms. The maximum Gasteiger partial charge on any atom is 0.164 e. The second kappa shape index (κ2) is 15.2. The van der Waals surface area contributed by atoms with Crippen molar-refractivity contribution < 1.29 is 0 Å². The van der Waals surface area contributed by atoms with Crippen LogP contribution >= 0.6 is 0 Å². The third kappa shape index (κ3) is 6.51. The predicted octanol–water partition coefficient (Wildman–Crippen LogP) is 14.7. The Balaban J connectivity index is 0.969. The second-order valence-corrected chi connectivity index (χ2v) is 15.9. The molecule has 0 N–H and O–H groups in total. The van der Waals surface area contributed by atoms with Crippen LogP contribution in [0.3, 0.4) is 0 Å². The number of para-hydroxylation sites is 1. The van der Waals surface area contributed by atoms with Crippen molar-refractivity contribution in [3.05, 3.63) is 224 Å². The van der Waals surface area contributed by atoms with Gasteiger partial charge in [-0.25, -0.2) is 19.9 Å². The van der Waals surface area contributed by atoms with Crippen molar-refractivity contribution >= 4 is 43.5 Å². The van der Waals surface area contributed by atoms with Crippen molar-refractivity contribution in [2.24, 2.45) is 0 Å². The molecule has 0 aliphatic heterocycles. The molecule has 9 aromatic carbocycles. The van der Waals surface area contributed by atoms with Gasteiger partial charge in [-0.15, -0.1) is 0 Å². The van der Waals surface area contributed by atoms with Gasteiger partial charge in [-0.1, -0.05) is 194 Å². The van der Waals surface area contributed by atoms with Gasteiger partial charge in [0.2, 0.25) is 0 Å². The molecular formula is C58H37N5. The van der Waals surface area contributed by atoms with Crippen LogP contribution in [0, 0.1) is 0 Å². The number of benzene rings is 9. The quantitative estimate of drug-likeness (QED) is 0.151. The van der Waals surface area contributed by atoms with Crippen LogP contribution in [0.2, 0.25) is 0 Å². The molecule has 0 radical (unpaired) electrons. The number of hydrogen-bond donors (Lipinski definition) is 0. The number of fused-ring (bicyclic) bond motifs is 6. The van der Waals surface area contributed by atoms with Gasteiger partial charge >= 0.3 is 0 Å². The lowest BCUT2D eigenvalue weighted by atomic mass is 9.98. The van der Waals surface area contributed by atoms with Crippen LogP contribution in [-0.4, -0.2) is 24.5 Å². The fraction of sp³-hybridized carbons (Fsp3) is 0. The minimum Gasteiger partial charge on any atom is -0.309 e. The van der Waals surface area contributed by atoms with Gasteiger partial charge in [-0.05, 0) is 58.0 Å². The zero-order valence-corrected chi connectivity index (χ0v) is 34.1. The Kier molecular flexibility index (Phi) is 8.75. The molecule has 294 valence electrons. The number of rotatable bonds is 7. The first-order valence-electron chi connectivity index (χ1n) is 21.2. The number of nitrogens with zero attached hydrogens (tertiary/aromatic N) is 5. The minimum absolute atomic E-state index is 0.626. The zero-order chi connectivity index (χ0) is 41.7. The molecule has 0 fully saturated rings. The van der Waals surface area contributed by atoms with Gasteiger partial charge in [-0.3, -0.25) is 0 Å². The van der Waals surface area contributed by atoms with E-state index < -0.39 is 0 Å². The fourth-order valence-corrected chi connectivity index (χ4v) is 8.92. The molecule has 0 amide bonds. The Bertz CT molecular complexity index is 3620. The van der Waals surface area contributed by atoms with E-state index in [-0.39, 0.29) is 0 Å². The summed E-state index contributed by atoms with van der Waals surface area (Å²) in [6.07, 6.45) is 0. The molecule has 5 heteroatoms. The normalized spacial score (nSPS) is 11.5. The van der Waals surface area contributed by atoms with Crippen LogP contribution in [0.15, 0.2) is 224 Å². The maximum absolute atomic E-state index is 5.35. The molecule has 0 unspecified atom stereocenters. The molecule has 0 spiro atoms. The van der Waals surface area contributed by atoms with Gasteiger partial charge in [0.05, 0.1) is 22.2 Å². The zero-order valence-electron chi connectivity index (χ0n) is 34.1. The number of hydrogen-bond acceptors (Lipinski definition) is 4. The molecular weight excluding hydrogens is 767 g/mol. The molecule has 0 aliphatic rings. The first-order valence-corrected chi connectivity index (χ1v) is 21.2. The van der Waals surface area contributed by atoms with E-state index in [0.29, 0.717) is 17.5 Å². The highest BCUT2D eigenvalue weighted by Crippen LogP contribution is 2.40. The van der Waals surface area contributed by atoms with Crippen molar-refractivity contribution in [1.29, 1.82) is 0 Å². The summed E-state index contributed by atoms with van der Waals surface area (Å²) in [7, 11) is 0. The van der Waals surface area contributed by atoms with Gasteiger partial charge < -0.3 is 4.57 Å². The maximum atomic E-state index is 5.35. The van der Waals surface area contributed by atoms with Crippen LogP contribution < -0.4 is 0 Å². The Morgan fingerprint density at radius 1 is 0.254 bits per heavy atom. The lowest BCUT2D eigenvalue weighted by Gasteiger charge is -2.12. The van der Waals surface area contributed by atoms with Crippen LogP contribution in [0.1, 0.15) is 0 Å². The first-order chi connectivity index (χ1) is 31.2. The molecule has 0 aliphatic carbocycles. The topological polar surface area (TPSA) is 56.5 Å². The van der Waals surface area contributed by atoms with E-state index in [2.05, 4.69) is 193 Å².